The average molecular weight is 336 g/mol. The van der Waals surface area contributed by atoms with Gasteiger partial charge in [0.1, 0.15) is 0 Å². The molecule has 0 aliphatic rings. The van der Waals surface area contributed by atoms with E-state index in [1.54, 1.807) is 11.8 Å². The lowest BCUT2D eigenvalue weighted by Crippen LogP contribution is -1.98. The molecule has 0 bridgehead atoms. The van der Waals surface area contributed by atoms with Gasteiger partial charge in [-0.2, -0.15) is 0 Å². The van der Waals surface area contributed by atoms with Gasteiger partial charge in [0.2, 0.25) is 0 Å². The first-order valence-electron chi connectivity index (χ1n) is 6.40. The molecule has 22 heavy (non-hydrogen) atoms. The van der Waals surface area contributed by atoms with Crippen molar-refractivity contribution in [2.45, 2.75) is 4.90 Å². The number of nitro groups is 1. The van der Waals surface area contributed by atoms with E-state index in [0.717, 1.165) is 10.6 Å². The fourth-order valence-corrected chi connectivity index (χ4v) is 2.55. The maximum Gasteiger partial charge on any atom is 0.270 e. The lowest BCUT2D eigenvalue weighted by atomic mass is 10.2. The molecule has 0 heterocycles. The summed E-state index contributed by atoms with van der Waals surface area (Å²) in [6, 6.07) is 11.1. The first-order valence-corrected chi connectivity index (χ1v) is 7.76. The van der Waals surface area contributed by atoms with Crippen molar-refractivity contribution in [3.05, 3.63) is 63.2 Å². The Bertz CT molecular complexity index is 690. The minimum absolute atomic E-state index is 0.114. The van der Waals surface area contributed by atoms with Gasteiger partial charge in [0.15, 0.2) is 0 Å². The second-order valence-corrected chi connectivity index (χ2v) is 5.92. The molecule has 0 saturated heterocycles. The zero-order valence-corrected chi connectivity index (χ0v) is 13.0. The van der Waals surface area contributed by atoms with Crippen LogP contribution < -0.4 is 5.11 Å². The molecule has 0 atom stereocenters. The summed E-state index contributed by atoms with van der Waals surface area (Å²) in [5, 5.41) is 22.9. The van der Waals surface area contributed by atoms with Crippen LogP contribution in [0, 0.1) is 10.1 Å². The predicted molar refractivity (Wildman–Crippen MR) is 87.2 cm³/mol. The number of nitrogens with zero attached hydrogens (tertiary/aromatic N) is 2. The Balaban J connectivity index is 1.88. The molecule has 0 saturated carbocycles. The zero-order valence-electron chi connectivity index (χ0n) is 11.4. The van der Waals surface area contributed by atoms with Crippen molar-refractivity contribution in [1.29, 1.82) is 0 Å². The van der Waals surface area contributed by atoms with E-state index in [9.17, 15) is 15.2 Å². The first-order chi connectivity index (χ1) is 10.6. The summed E-state index contributed by atoms with van der Waals surface area (Å²) in [7, 11) is 0. The molecule has 0 spiro atoms. The maximum atomic E-state index is 11.6. The van der Waals surface area contributed by atoms with Gasteiger partial charge in [-0.3, -0.25) is 15.1 Å². The lowest BCUT2D eigenvalue weighted by molar-refractivity contribution is -0.385. The van der Waals surface area contributed by atoms with Gasteiger partial charge in [-0.25, -0.2) is 0 Å². The monoisotopic (exact) mass is 335 g/mol. The highest BCUT2D eigenvalue weighted by Crippen LogP contribution is 2.21. The van der Waals surface area contributed by atoms with Gasteiger partial charge in [-0.15, -0.1) is 11.8 Å². The number of benzene rings is 2. The second-order valence-electron chi connectivity index (χ2n) is 4.32. The van der Waals surface area contributed by atoms with Crippen LogP contribution >= 0.6 is 23.4 Å². The maximum absolute atomic E-state index is 11.6. The summed E-state index contributed by atoms with van der Waals surface area (Å²) in [5.74, 6) is 0.459. The highest BCUT2D eigenvalue weighted by atomic mass is 35.5. The Kier molecular flexibility index (Phi) is 5.80. The number of aliphatic imine (C=N–C) groups is 1. The largest absolute Gasteiger partial charge is 0.872 e. The minimum Gasteiger partial charge on any atom is -0.872 e. The van der Waals surface area contributed by atoms with Crippen LogP contribution in [0.5, 0.6) is 5.75 Å². The molecule has 7 heteroatoms. The molecular formula is C15H12ClN2O3S-. The minimum atomic E-state index is -0.535. The number of rotatable bonds is 6. The number of nitro benzene ring substituents is 1. The van der Waals surface area contributed by atoms with E-state index in [-0.39, 0.29) is 17.0 Å². The van der Waals surface area contributed by atoms with Crippen molar-refractivity contribution in [3.63, 3.8) is 0 Å². The molecule has 2 aromatic carbocycles. The van der Waals surface area contributed by atoms with E-state index < -0.39 is 4.92 Å². The van der Waals surface area contributed by atoms with Crippen LogP contribution in [0.3, 0.4) is 0 Å². The fraction of sp³-hybridized carbons (Fsp3) is 0.133. The number of hydrogen-bond acceptors (Lipinski definition) is 5. The van der Waals surface area contributed by atoms with Crippen LogP contribution in [-0.4, -0.2) is 23.4 Å². The molecule has 114 valence electrons. The summed E-state index contributed by atoms with van der Waals surface area (Å²) in [6.07, 6.45) is 1.39. The molecule has 0 fully saturated rings. The molecule has 0 aliphatic carbocycles. The third kappa shape index (κ3) is 4.75. The molecule has 0 N–H and O–H groups in total. The normalized spacial score (nSPS) is 11.0. The number of non-ortho nitro benzene ring substituents is 1. The second kappa shape index (κ2) is 7.82. The third-order valence-electron chi connectivity index (χ3n) is 2.74. The van der Waals surface area contributed by atoms with Gasteiger partial charge in [0.05, 0.1) is 4.92 Å². The van der Waals surface area contributed by atoms with Gasteiger partial charge in [-0.1, -0.05) is 23.4 Å². The van der Waals surface area contributed by atoms with Crippen molar-refractivity contribution < 1.29 is 10.0 Å². The Hall–Kier alpha value is -2.05. The topological polar surface area (TPSA) is 78.6 Å². The number of hydrogen-bond donors (Lipinski definition) is 0. The van der Waals surface area contributed by atoms with Crippen LogP contribution in [0.15, 0.2) is 52.4 Å². The molecule has 0 amide bonds. The fourth-order valence-electron chi connectivity index (χ4n) is 1.66. The van der Waals surface area contributed by atoms with Crippen molar-refractivity contribution >= 4 is 35.3 Å². The van der Waals surface area contributed by atoms with E-state index in [0.29, 0.717) is 11.6 Å². The molecule has 0 radical (unpaired) electrons. The SMILES string of the molecule is O=[N+]([O-])c1ccc([O-])c(C=NCCSc2ccc(Cl)cc2)c1. The van der Waals surface area contributed by atoms with E-state index in [1.165, 1.54) is 24.4 Å². The Morgan fingerprint density at radius 1 is 1.23 bits per heavy atom. The van der Waals surface area contributed by atoms with Crippen LogP contribution in [0.25, 0.3) is 0 Å². The van der Waals surface area contributed by atoms with E-state index >= 15 is 0 Å². The number of thioether (sulfide) groups is 1. The molecule has 5 nitrogen and oxygen atoms in total. The van der Waals surface area contributed by atoms with E-state index in [4.69, 9.17) is 11.6 Å². The van der Waals surface area contributed by atoms with Crippen molar-refractivity contribution in [2.75, 3.05) is 12.3 Å². The molecule has 2 rings (SSSR count). The van der Waals surface area contributed by atoms with Crippen molar-refractivity contribution in [3.8, 4) is 5.75 Å². The Morgan fingerprint density at radius 3 is 2.64 bits per heavy atom. The highest BCUT2D eigenvalue weighted by Gasteiger charge is 2.05. The summed E-state index contributed by atoms with van der Waals surface area (Å²) >= 11 is 7.42. The molecular weight excluding hydrogens is 324 g/mol. The van der Waals surface area contributed by atoms with Crippen molar-refractivity contribution in [1.82, 2.24) is 0 Å². The quantitative estimate of drug-likeness (QED) is 0.266. The van der Waals surface area contributed by atoms with Crippen molar-refractivity contribution in [2.24, 2.45) is 4.99 Å². The average Bonchev–Trinajstić information content (AvgIpc) is 2.50. The Morgan fingerprint density at radius 2 is 1.95 bits per heavy atom. The summed E-state index contributed by atoms with van der Waals surface area (Å²) in [5.41, 5.74) is 0.113. The molecule has 0 unspecified atom stereocenters. The van der Waals surface area contributed by atoms with Gasteiger partial charge in [0, 0.05) is 40.6 Å². The van der Waals surface area contributed by atoms with Crippen LogP contribution in [0.4, 0.5) is 5.69 Å². The zero-order chi connectivity index (χ0) is 15.9. The van der Waals surface area contributed by atoms with Gasteiger partial charge in [-0.05, 0) is 29.8 Å². The van der Waals surface area contributed by atoms with Crippen LogP contribution in [0.2, 0.25) is 5.02 Å². The Labute approximate surface area is 136 Å². The third-order valence-corrected chi connectivity index (χ3v) is 3.98. The predicted octanol–water partition coefficient (Wildman–Crippen LogP) is 3.53. The van der Waals surface area contributed by atoms with Crippen LogP contribution in [-0.2, 0) is 0 Å². The summed E-state index contributed by atoms with van der Waals surface area (Å²) in [4.78, 5) is 15.4. The summed E-state index contributed by atoms with van der Waals surface area (Å²) in [6.45, 7) is 0.509. The summed E-state index contributed by atoms with van der Waals surface area (Å²) < 4.78 is 0. The molecule has 2 aromatic rings. The van der Waals surface area contributed by atoms with Crippen LogP contribution in [0.1, 0.15) is 5.56 Å². The van der Waals surface area contributed by atoms with Gasteiger partial charge >= 0.3 is 0 Å². The standard InChI is InChI=1S/C15H13ClN2O3S/c16-12-1-4-14(5-2-12)22-8-7-17-10-11-9-13(18(20)21)3-6-15(11)19/h1-6,9-10,19H,7-8H2/p-1. The lowest BCUT2D eigenvalue weighted by Gasteiger charge is -2.08. The number of halogens is 1. The van der Waals surface area contributed by atoms with Gasteiger partial charge in [0.25, 0.3) is 5.69 Å². The smallest absolute Gasteiger partial charge is 0.270 e. The van der Waals surface area contributed by atoms with E-state index in [1.807, 2.05) is 24.3 Å². The highest BCUT2D eigenvalue weighted by molar-refractivity contribution is 7.99. The molecule has 0 aromatic heterocycles. The molecule has 0 aliphatic heterocycles. The van der Waals surface area contributed by atoms with Gasteiger partial charge < -0.3 is 5.11 Å². The van der Waals surface area contributed by atoms with E-state index in [2.05, 4.69) is 4.99 Å². The first kappa shape index (κ1) is 16.3.